The lowest BCUT2D eigenvalue weighted by molar-refractivity contribution is -0.139. The molecule has 1 fully saturated rings. The molecule has 0 radical (unpaired) electrons. The van der Waals surface area contributed by atoms with Crippen LogP contribution in [0.4, 0.5) is 5.69 Å². The lowest BCUT2D eigenvalue weighted by Crippen LogP contribution is -2.52. The number of anilines is 1. The summed E-state index contributed by atoms with van der Waals surface area (Å²) >= 11 is 12.4. The normalized spacial score (nSPS) is 14.6. The van der Waals surface area contributed by atoms with Crippen molar-refractivity contribution >= 4 is 50.7 Å². The van der Waals surface area contributed by atoms with Gasteiger partial charge in [0.2, 0.25) is 21.8 Å². The molecule has 1 aliphatic carbocycles. The zero-order valence-corrected chi connectivity index (χ0v) is 24.2. The smallest absolute Gasteiger partial charge is 0.244 e. The Morgan fingerprint density at radius 3 is 2.29 bits per heavy atom. The molecule has 3 rings (SSSR count). The highest BCUT2D eigenvalue weighted by atomic mass is 35.5. The van der Waals surface area contributed by atoms with Crippen molar-refractivity contribution in [1.82, 2.24) is 10.2 Å². The van der Waals surface area contributed by atoms with E-state index >= 15 is 0 Å². The van der Waals surface area contributed by atoms with Crippen LogP contribution in [0.3, 0.4) is 0 Å². The van der Waals surface area contributed by atoms with Crippen molar-refractivity contribution in [2.75, 3.05) is 31.3 Å². The molecule has 2 amide bonds. The van der Waals surface area contributed by atoms with E-state index < -0.39 is 28.5 Å². The number of hydrogen-bond acceptors (Lipinski definition) is 6. The van der Waals surface area contributed by atoms with Gasteiger partial charge in [-0.15, -0.1) is 0 Å². The van der Waals surface area contributed by atoms with E-state index in [1.54, 1.807) is 31.2 Å². The molecule has 0 heterocycles. The van der Waals surface area contributed by atoms with Crippen molar-refractivity contribution in [3.05, 3.63) is 52.0 Å². The summed E-state index contributed by atoms with van der Waals surface area (Å²) < 4.78 is 37.1. The average Bonchev–Trinajstić information content (AvgIpc) is 3.38. The molecule has 0 saturated heterocycles. The Bertz CT molecular complexity index is 1270. The maximum absolute atomic E-state index is 13.7. The standard InChI is InChI=1S/C26H33Cl2N3O6S/c1-17(26(33)29-20-7-5-6-8-20)30(15-18-9-10-19(27)13-22(18)28)25(32)16-31(38(4,34)35)21-11-12-23(36-2)24(14-21)37-3/h9-14,17,20H,5-8,15-16H2,1-4H3,(H,29,33). The topological polar surface area (TPSA) is 105 Å². The molecule has 2 aromatic rings. The number of amides is 2. The summed E-state index contributed by atoms with van der Waals surface area (Å²) in [7, 11) is -1.00. The van der Waals surface area contributed by atoms with E-state index in [1.165, 1.54) is 31.3 Å². The van der Waals surface area contributed by atoms with Gasteiger partial charge in [0.25, 0.3) is 0 Å². The fraction of sp³-hybridized carbons (Fsp3) is 0.462. The van der Waals surface area contributed by atoms with Crippen LogP contribution in [0.5, 0.6) is 11.5 Å². The number of sulfonamides is 1. The Labute approximate surface area is 234 Å². The summed E-state index contributed by atoms with van der Waals surface area (Å²) in [5, 5.41) is 3.78. The summed E-state index contributed by atoms with van der Waals surface area (Å²) in [6, 6.07) is 8.59. The zero-order chi connectivity index (χ0) is 28.0. The molecule has 12 heteroatoms. The van der Waals surface area contributed by atoms with Crippen molar-refractivity contribution in [2.24, 2.45) is 0 Å². The minimum Gasteiger partial charge on any atom is -0.493 e. The highest BCUT2D eigenvalue weighted by molar-refractivity contribution is 7.92. The van der Waals surface area contributed by atoms with Gasteiger partial charge < -0.3 is 19.7 Å². The van der Waals surface area contributed by atoms with Crippen LogP contribution in [-0.2, 0) is 26.2 Å². The molecular weight excluding hydrogens is 553 g/mol. The minimum atomic E-state index is -3.90. The Balaban J connectivity index is 1.94. The van der Waals surface area contributed by atoms with E-state index in [1.807, 2.05) is 0 Å². The molecule has 1 saturated carbocycles. The molecule has 0 aliphatic heterocycles. The van der Waals surface area contributed by atoms with Gasteiger partial charge in [0.1, 0.15) is 12.6 Å². The van der Waals surface area contributed by atoms with Crippen LogP contribution in [0.15, 0.2) is 36.4 Å². The molecule has 0 bridgehead atoms. The summed E-state index contributed by atoms with van der Waals surface area (Å²) in [6.07, 6.45) is 4.86. The van der Waals surface area contributed by atoms with Crippen molar-refractivity contribution in [2.45, 2.75) is 51.2 Å². The third kappa shape index (κ3) is 7.45. The number of carbonyl (C=O) groups excluding carboxylic acids is 2. The molecule has 0 aromatic heterocycles. The van der Waals surface area contributed by atoms with Crippen LogP contribution < -0.4 is 19.1 Å². The molecule has 9 nitrogen and oxygen atoms in total. The predicted molar refractivity (Wildman–Crippen MR) is 149 cm³/mol. The first-order chi connectivity index (χ1) is 17.9. The van der Waals surface area contributed by atoms with Crippen LogP contribution in [-0.4, -0.2) is 64.2 Å². The number of ether oxygens (including phenoxy) is 2. The van der Waals surface area contributed by atoms with Crippen molar-refractivity contribution in [3.8, 4) is 11.5 Å². The van der Waals surface area contributed by atoms with E-state index in [0.29, 0.717) is 27.1 Å². The Kier molecular flexibility index (Phi) is 10.1. The molecule has 38 heavy (non-hydrogen) atoms. The number of methoxy groups -OCH3 is 2. The largest absolute Gasteiger partial charge is 0.493 e. The first-order valence-electron chi connectivity index (χ1n) is 12.2. The van der Waals surface area contributed by atoms with Crippen LogP contribution in [0.2, 0.25) is 10.0 Å². The number of nitrogens with zero attached hydrogens (tertiary/aromatic N) is 2. The molecule has 1 aliphatic rings. The molecular formula is C26H33Cl2N3O6S. The van der Waals surface area contributed by atoms with E-state index in [0.717, 1.165) is 36.2 Å². The fourth-order valence-corrected chi connectivity index (χ4v) is 5.71. The summed E-state index contributed by atoms with van der Waals surface area (Å²) in [5.74, 6) is -0.176. The van der Waals surface area contributed by atoms with Crippen LogP contribution >= 0.6 is 23.2 Å². The first-order valence-corrected chi connectivity index (χ1v) is 14.8. The highest BCUT2D eigenvalue weighted by Crippen LogP contribution is 2.32. The Morgan fingerprint density at radius 2 is 1.71 bits per heavy atom. The minimum absolute atomic E-state index is 0.0162. The highest BCUT2D eigenvalue weighted by Gasteiger charge is 2.32. The number of nitrogens with one attached hydrogen (secondary N) is 1. The zero-order valence-electron chi connectivity index (χ0n) is 21.9. The van der Waals surface area contributed by atoms with Crippen molar-refractivity contribution in [1.29, 1.82) is 0 Å². The third-order valence-electron chi connectivity index (χ3n) is 6.56. The van der Waals surface area contributed by atoms with Crippen molar-refractivity contribution < 1.29 is 27.5 Å². The Hall–Kier alpha value is -2.69. The third-order valence-corrected chi connectivity index (χ3v) is 8.29. The monoisotopic (exact) mass is 585 g/mol. The van der Waals surface area contributed by atoms with Gasteiger partial charge in [-0.05, 0) is 49.6 Å². The van der Waals surface area contributed by atoms with Crippen LogP contribution in [0.1, 0.15) is 38.2 Å². The second-order valence-electron chi connectivity index (χ2n) is 9.23. The fourth-order valence-electron chi connectivity index (χ4n) is 4.40. The van der Waals surface area contributed by atoms with Gasteiger partial charge in [-0.1, -0.05) is 42.1 Å². The van der Waals surface area contributed by atoms with Gasteiger partial charge in [0.05, 0.1) is 26.2 Å². The number of benzene rings is 2. The Morgan fingerprint density at radius 1 is 1.05 bits per heavy atom. The SMILES string of the molecule is COc1ccc(N(CC(=O)N(Cc2ccc(Cl)cc2Cl)C(C)C(=O)NC2CCCC2)S(C)(=O)=O)cc1OC. The van der Waals surface area contributed by atoms with E-state index in [4.69, 9.17) is 32.7 Å². The molecule has 1 unspecified atom stereocenters. The summed E-state index contributed by atoms with van der Waals surface area (Å²) in [4.78, 5) is 28.2. The number of carbonyl (C=O) groups is 2. The average molecular weight is 587 g/mol. The van der Waals surface area contributed by atoms with Crippen LogP contribution in [0.25, 0.3) is 0 Å². The molecule has 1 atom stereocenters. The second-order valence-corrected chi connectivity index (χ2v) is 12.0. The molecule has 208 valence electrons. The molecule has 2 aromatic carbocycles. The second kappa shape index (κ2) is 12.9. The number of halogens is 2. The summed E-state index contributed by atoms with van der Waals surface area (Å²) in [5.41, 5.74) is 0.785. The maximum atomic E-state index is 13.7. The number of hydrogen-bond donors (Lipinski definition) is 1. The van der Waals surface area contributed by atoms with Gasteiger partial charge in [-0.25, -0.2) is 8.42 Å². The van der Waals surface area contributed by atoms with Gasteiger partial charge in [0, 0.05) is 28.7 Å². The van der Waals surface area contributed by atoms with E-state index in [-0.39, 0.29) is 24.2 Å². The van der Waals surface area contributed by atoms with Gasteiger partial charge >= 0.3 is 0 Å². The lowest BCUT2D eigenvalue weighted by Gasteiger charge is -2.32. The predicted octanol–water partition coefficient (Wildman–Crippen LogP) is 4.25. The molecule has 0 spiro atoms. The van der Waals surface area contributed by atoms with Crippen molar-refractivity contribution in [3.63, 3.8) is 0 Å². The summed E-state index contributed by atoms with van der Waals surface area (Å²) in [6.45, 7) is 1.06. The van der Waals surface area contributed by atoms with Crippen LogP contribution in [0, 0.1) is 0 Å². The first kappa shape index (κ1) is 29.9. The van der Waals surface area contributed by atoms with Gasteiger partial charge in [0.15, 0.2) is 11.5 Å². The van der Waals surface area contributed by atoms with E-state index in [9.17, 15) is 18.0 Å². The van der Waals surface area contributed by atoms with Gasteiger partial charge in [-0.3, -0.25) is 13.9 Å². The molecule has 1 N–H and O–H groups in total. The van der Waals surface area contributed by atoms with Gasteiger partial charge in [-0.2, -0.15) is 0 Å². The number of rotatable bonds is 11. The van der Waals surface area contributed by atoms with E-state index in [2.05, 4.69) is 5.32 Å². The maximum Gasteiger partial charge on any atom is 0.244 e. The lowest BCUT2D eigenvalue weighted by atomic mass is 10.1. The quantitative estimate of drug-likeness (QED) is 0.422.